The van der Waals surface area contributed by atoms with Crippen LogP contribution in [0, 0.1) is 0 Å². The van der Waals surface area contributed by atoms with Crippen LogP contribution in [0.4, 0.5) is 4.79 Å². The fourth-order valence-electron chi connectivity index (χ4n) is 2.33. The van der Waals surface area contributed by atoms with Gasteiger partial charge in [0.05, 0.1) is 12.1 Å². The Labute approximate surface area is 113 Å². The second-order valence-electron chi connectivity index (χ2n) is 4.91. The standard InChI is InChI=1S/C14H21N3O2/c1-2-13(11-3-7-15-8-4-11)16-14(19)17-9-5-12(18)6-10-17/h3-4,7-8,12-13,18H,2,5-6,9-10H2,1H3,(H,16,19)/t13-/m0/s1. The molecule has 2 amide bonds. The van der Waals surface area contributed by atoms with Crippen LogP contribution in [-0.4, -0.2) is 40.2 Å². The van der Waals surface area contributed by atoms with Gasteiger partial charge in [0, 0.05) is 25.5 Å². The van der Waals surface area contributed by atoms with Crippen molar-refractivity contribution in [3.05, 3.63) is 30.1 Å². The molecule has 2 N–H and O–H groups in total. The number of aromatic nitrogens is 1. The Morgan fingerprint density at radius 1 is 1.47 bits per heavy atom. The number of pyridine rings is 1. The SMILES string of the molecule is CC[C@H](NC(=O)N1CCC(O)CC1)c1ccncc1. The molecular weight excluding hydrogens is 242 g/mol. The van der Waals surface area contributed by atoms with E-state index in [-0.39, 0.29) is 18.2 Å². The molecule has 5 heteroatoms. The third kappa shape index (κ3) is 3.67. The topological polar surface area (TPSA) is 65.5 Å². The number of amides is 2. The number of rotatable bonds is 3. The fraction of sp³-hybridized carbons (Fsp3) is 0.571. The highest BCUT2D eigenvalue weighted by atomic mass is 16.3. The van der Waals surface area contributed by atoms with Gasteiger partial charge >= 0.3 is 6.03 Å². The number of carbonyl (C=O) groups excluding carboxylic acids is 1. The molecule has 0 spiro atoms. The summed E-state index contributed by atoms with van der Waals surface area (Å²) in [5.41, 5.74) is 1.07. The predicted octanol–water partition coefficient (Wildman–Crippen LogP) is 1.70. The summed E-state index contributed by atoms with van der Waals surface area (Å²) in [6.07, 6.45) is 5.39. The Bertz CT molecular complexity index is 402. The third-order valence-electron chi connectivity index (χ3n) is 3.57. The van der Waals surface area contributed by atoms with Crippen LogP contribution < -0.4 is 5.32 Å². The van der Waals surface area contributed by atoms with Gasteiger partial charge in [0.1, 0.15) is 0 Å². The van der Waals surface area contributed by atoms with Gasteiger partial charge in [0.2, 0.25) is 0 Å². The first-order valence-electron chi connectivity index (χ1n) is 6.84. The molecule has 0 aromatic carbocycles. The van der Waals surface area contributed by atoms with Gasteiger partial charge in [0.15, 0.2) is 0 Å². The quantitative estimate of drug-likeness (QED) is 0.872. The summed E-state index contributed by atoms with van der Waals surface area (Å²) in [7, 11) is 0. The van der Waals surface area contributed by atoms with Crippen LogP contribution in [0.5, 0.6) is 0 Å². The summed E-state index contributed by atoms with van der Waals surface area (Å²) in [5.74, 6) is 0. The summed E-state index contributed by atoms with van der Waals surface area (Å²) < 4.78 is 0. The van der Waals surface area contributed by atoms with Gasteiger partial charge in [-0.25, -0.2) is 4.79 Å². The van der Waals surface area contributed by atoms with Crippen molar-refractivity contribution >= 4 is 6.03 Å². The van der Waals surface area contributed by atoms with Crippen LogP contribution >= 0.6 is 0 Å². The molecule has 1 saturated heterocycles. The van der Waals surface area contributed by atoms with Crippen LogP contribution in [0.15, 0.2) is 24.5 Å². The van der Waals surface area contributed by atoms with Crippen LogP contribution in [-0.2, 0) is 0 Å². The Kier molecular flexibility index (Phi) is 4.74. The fourth-order valence-corrected chi connectivity index (χ4v) is 2.33. The lowest BCUT2D eigenvalue weighted by molar-refractivity contribution is 0.0927. The van der Waals surface area contributed by atoms with E-state index in [4.69, 9.17) is 0 Å². The van der Waals surface area contributed by atoms with E-state index in [0.29, 0.717) is 25.9 Å². The first kappa shape index (κ1) is 13.8. The maximum atomic E-state index is 12.2. The maximum Gasteiger partial charge on any atom is 0.317 e. The lowest BCUT2D eigenvalue weighted by atomic mass is 10.1. The number of likely N-dealkylation sites (tertiary alicyclic amines) is 1. The highest BCUT2D eigenvalue weighted by Gasteiger charge is 2.23. The van der Waals surface area contributed by atoms with Gasteiger partial charge in [-0.05, 0) is 37.0 Å². The van der Waals surface area contributed by atoms with Crippen LogP contribution in [0.25, 0.3) is 0 Å². The van der Waals surface area contributed by atoms with E-state index in [0.717, 1.165) is 12.0 Å². The monoisotopic (exact) mass is 263 g/mol. The molecular formula is C14H21N3O2. The van der Waals surface area contributed by atoms with Crippen molar-refractivity contribution in [2.24, 2.45) is 0 Å². The lowest BCUT2D eigenvalue weighted by Gasteiger charge is -2.31. The number of carbonyl (C=O) groups is 1. The Morgan fingerprint density at radius 3 is 2.68 bits per heavy atom. The van der Waals surface area contributed by atoms with Gasteiger partial charge in [-0.3, -0.25) is 4.98 Å². The van der Waals surface area contributed by atoms with E-state index in [1.807, 2.05) is 19.1 Å². The number of nitrogens with zero attached hydrogens (tertiary/aromatic N) is 2. The minimum Gasteiger partial charge on any atom is -0.393 e. The zero-order valence-corrected chi connectivity index (χ0v) is 11.2. The Morgan fingerprint density at radius 2 is 2.11 bits per heavy atom. The van der Waals surface area contributed by atoms with Crippen LogP contribution in [0.3, 0.4) is 0 Å². The summed E-state index contributed by atoms with van der Waals surface area (Å²) in [5, 5.41) is 12.5. The van der Waals surface area contributed by atoms with E-state index in [1.54, 1.807) is 17.3 Å². The normalized spacial score (nSPS) is 18.1. The van der Waals surface area contributed by atoms with Gasteiger partial charge in [-0.1, -0.05) is 6.92 Å². The maximum absolute atomic E-state index is 12.2. The third-order valence-corrected chi connectivity index (χ3v) is 3.57. The number of urea groups is 1. The number of piperidine rings is 1. The van der Waals surface area contributed by atoms with Gasteiger partial charge in [-0.15, -0.1) is 0 Å². The second kappa shape index (κ2) is 6.52. The molecule has 2 rings (SSSR count). The van der Waals surface area contributed by atoms with Crippen molar-refractivity contribution < 1.29 is 9.90 Å². The number of hydrogen-bond acceptors (Lipinski definition) is 3. The largest absolute Gasteiger partial charge is 0.393 e. The molecule has 0 saturated carbocycles. The summed E-state index contributed by atoms with van der Waals surface area (Å²) in [4.78, 5) is 17.9. The van der Waals surface area contributed by atoms with Crippen LogP contribution in [0.2, 0.25) is 0 Å². The van der Waals surface area contributed by atoms with Crippen molar-refractivity contribution in [3.8, 4) is 0 Å². The van der Waals surface area contributed by atoms with Crippen molar-refractivity contribution in [2.75, 3.05) is 13.1 Å². The van der Waals surface area contributed by atoms with E-state index in [1.165, 1.54) is 0 Å². The van der Waals surface area contributed by atoms with Crippen molar-refractivity contribution in [1.29, 1.82) is 0 Å². The Hall–Kier alpha value is -1.62. The molecule has 1 aliphatic rings. The first-order chi connectivity index (χ1) is 9.20. The van der Waals surface area contributed by atoms with Gasteiger partial charge < -0.3 is 15.3 Å². The van der Waals surface area contributed by atoms with Crippen molar-refractivity contribution in [3.63, 3.8) is 0 Å². The molecule has 0 radical (unpaired) electrons. The zero-order valence-electron chi connectivity index (χ0n) is 11.2. The molecule has 2 heterocycles. The van der Waals surface area contributed by atoms with E-state index in [9.17, 15) is 9.90 Å². The molecule has 104 valence electrons. The molecule has 1 fully saturated rings. The van der Waals surface area contributed by atoms with E-state index in [2.05, 4.69) is 10.3 Å². The van der Waals surface area contributed by atoms with E-state index >= 15 is 0 Å². The Balaban J connectivity index is 1.93. The molecule has 1 atom stereocenters. The molecule has 0 unspecified atom stereocenters. The van der Waals surface area contributed by atoms with E-state index < -0.39 is 0 Å². The minimum atomic E-state index is -0.258. The number of aliphatic hydroxyl groups is 1. The number of nitrogens with one attached hydrogen (secondary N) is 1. The molecule has 1 aliphatic heterocycles. The highest BCUT2D eigenvalue weighted by Crippen LogP contribution is 2.17. The van der Waals surface area contributed by atoms with Gasteiger partial charge in [-0.2, -0.15) is 0 Å². The minimum absolute atomic E-state index is 0.0161. The smallest absolute Gasteiger partial charge is 0.317 e. The molecule has 19 heavy (non-hydrogen) atoms. The number of aliphatic hydroxyl groups excluding tert-OH is 1. The average Bonchev–Trinajstić information content (AvgIpc) is 2.46. The summed E-state index contributed by atoms with van der Waals surface area (Å²) in [6, 6.07) is 3.82. The molecule has 5 nitrogen and oxygen atoms in total. The molecule has 1 aromatic heterocycles. The van der Waals surface area contributed by atoms with Crippen molar-refractivity contribution in [2.45, 2.75) is 38.3 Å². The molecule has 0 bridgehead atoms. The van der Waals surface area contributed by atoms with Crippen molar-refractivity contribution in [1.82, 2.24) is 15.2 Å². The lowest BCUT2D eigenvalue weighted by Crippen LogP contribution is -2.46. The summed E-state index contributed by atoms with van der Waals surface area (Å²) >= 11 is 0. The molecule has 1 aromatic rings. The second-order valence-corrected chi connectivity index (χ2v) is 4.91. The first-order valence-corrected chi connectivity index (χ1v) is 6.84. The van der Waals surface area contributed by atoms with Gasteiger partial charge in [0.25, 0.3) is 0 Å². The zero-order chi connectivity index (χ0) is 13.7. The van der Waals surface area contributed by atoms with Crippen LogP contribution in [0.1, 0.15) is 37.8 Å². The average molecular weight is 263 g/mol. The summed E-state index contributed by atoms with van der Waals surface area (Å²) in [6.45, 7) is 3.30. The highest BCUT2D eigenvalue weighted by molar-refractivity contribution is 5.74. The number of hydrogen-bond donors (Lipinski definition) is 2. The molecule has 0 aliphatic carbocycles. The predicted molar refractivity (Wildman–Crippen MR) is 72.6 cm³/mol.